The molecule has 1 aromatic heterocycles. The topological polar surface area (TPSA) is 52.8 Å². The molecule has 3 atom stereocenters. The van der Waals surface area contributed by atoms with Crippen molar-refractivity contribution in [2.75, 3.05) is 32.9 Å². The van der Waals surface area contributed by atoms with Crippen LogP contribution < -0.4 is 10.6 Å². The molecule has 24 heavy (non-hydrogen) atoms. The van der Waals surface area contributed by atoms with Gasteiger partial charge in [0.25, 0.3) is 0 Å². The second kappa shape index (κ2) is 9.99. The first-order valence-electron chi connectivity index (χ1n) is 8.99. The number of rotatable bonds is 8. The van der Waals surface area contributed by atoms with E-state index in [1.165, 1.54) is 19.3 Å². The van der Waals surface area contributed by atoms with Crippen LogP contribution in [-0.2, 0) is 0 Å². The van der Waals surface area contributed by atoms with Crippen LogP contribution in [0.4, 0.5) is 0 Å². The van der Waals surface area contributed by atoms with Crippen LogP contribution in [0.5, 0.6) is 0 Å². The molecular formula is C18H32N4OS. The maximum absolute atomic E-state index is 5.66. The van der Waals surface area contributed by atoms with Crippen molar-refractivity contribution >= 4 is 17.7 Å². The van der Waals surface area contributed by atoms with Crippen molar-refractivity contribution in [3.8, 4) is 0 Å². The van der Waals surface area contributed by atoms with Gasteiger partial charge in [-0.05, 0) is 50.7 Å². The number of furan rings is 1. The number of nitrogens with one attached hydrogen (secondary N) is 2. The number of aliphatic imine (C=N–C) groups is 1. The first-order chi connectivity index (χ1) is 11.7. The van der Waals surface area contributed by atoms with Crippen molar-refractivity contribution in [2.45, 2.75) is 50.4 Å². The van der Waals surface area contributed by atoms with Gasteiger partial charge in [-0.2, -0.15) is 11.8 Å². The van der Waals surface area contributed by atoms with Crippen LogP contribution in [0.3, 0.4) is 0 Å². The van der Waals surface area contributed by atoms with E-state index in [1.807, 2.05) is 24.9 Å². The van der Waals surface area contributed by atoms with Gasteiger partial charge in [-0.25, -0.2) is 0 Å². The monoisotopic (exact) mass is 352 g/mol. The van der Waals surface area contributed by atoms with Gasteiger partial charge in [-0.1, -0.05) is 13.8 Å². The average molecular weight is 353 g/mol. The summed E-state index contributed by atoms with van der Waals surface area (Å²) in [7, 11) is 1.84. The van der Waals surface area contributed by atoms with E-state index in [9.17, 15) is 0 Å². The lowest BCUT2D eigenvalue weighted by atomic mass is 10.2. The van der Waals surface area contributed by atoms with E-state index in [-0.39, 0.29) is 6.04 Å². The minimum Gasteiger partial charge on any atom is -0.468 e. The zero-order valence-corrected chi connectivity index (χ0v) is 16.2. The highest BCUT2D eigenvalue weighted by Gasteiger charge is 2.25. The molecule has 6 heteroatoms. The van der Waals surface area contributed by atoms with Crippen LogP contribution in [0, 0.1) is 0 Å². The van der Waals surface area contributed by atoms with Crippen LogP contribution in [0.15, 0.2) is 27.8 Å². The maximum atomic E-state index is 5.66. The minimum absolute atomic E-state index is 0.219. The van der Waals surface area contributed by atoms with E-state index in [4.69, 9.17) is 4.42 Å². The quantitative estimate of drug-likeness (QED) is 0.556. The molecule has 2 rings (SSSR count). The molecule has 1 aliphatic rings. The van der Waals surface area contributed by atoms with Crippen molar-refractivity contribution in [1.82, 2.24) is 15.5 Å². The van der Waals surface area contributed by atoms with Crippen molar-refractivity contribution in [3.05, 3.63) is 24.2 Å². The van der Waals surface area contributed by atoms with Crippen molar-refractivity contribution in [1.29, 1.82) is 0 Å². The molecule has 0 aliphatic heterocycles. The maximum Gasteiger partial charge on any atom is 0.191 e. The van der Waals surface area contributed by atoms with E-state index in [0.717, 1.165) is 36.6 Å². The van der Waals surface area contributed by atoms with E-state index < -0.39 is 0 Å². The highest BCUT2D eigenvalue weighted by molar-refractivity contribution is 7.99. The number of guanidine groups is 1. The zero-order valence-electron chi connectivity index (χ0n) is 15.4. The van der Waals surface area contributed by atoms with Crippen LogP contribution in [0.1, 0.15) is 44.9 Å². The summed E-state index contributed by atoms with van der Waals surface area (Å²) in [5, 5.41) is 7.86. The van der Waals surface area contributed by atoms with Crippen LogP contribution in [0.2, 0.25) is 0 Å². The average Bonchev–Trinajstić information content (AvgIpc) is 3.28. The van der Waals surface area contributed by atoms with Gasteiger partial charge in [0.2, 0.25) is 0 Å². The SMILES string of the molecule is CCN(CC)C(CNC(=NC)NC1CCC(SC)C1)c1ccco1. The van der Waals surface area contributed by atoms with Crippen molar-refractivity contribution in [2.24, 2.45) is 4.99 Å². The zero-order chi connectivity index (χ0) is 17.4. The number of likely N-dealkylation sites (N-methyl/N-ethyl adjacent to an activating group) is 1. The molecular weight excluding hydrogens is 320 g/mol. The third-order valence-electron chi connectivity index (χ3n) is 4.87. The second-order valence-electron chi connectivity index (χ2n) is 6.22. The number of hydrogen-bond donors (Lipinski definition) is 2. The summed E-state index contributed by atoms with van der Waals surface area (Å²) in [4.78, 5) is 6.81. The normalized spacial score (nSPS) is 22.8. The molecule has 0 radical (unpaired) electrons. The smallest absolute Gasteiger partial charge is 0.191 e. The summed E-state index contributed by atoms with van der Waals surface area (Å²) in [5.41, 5.74) is 0. The predicted octanol–water partition coefficient (Wildman–Crippen LogP) is 3.11. The predicted molar refractivity (Wildman–Crippen MR) is 104 cm³/mol. The standard InChI is InChI=1S/C18H32N4OS/c1-5-22(6-2)16(17-8-7-11-23-17)13-20-18(19-3)21-14-9-10-15(12-14)24-4/h7-8,11,14-16H,5-6,9-10,12-13H2,1-4H3,(H2,19,20,21). The molecule has 2 N–H and O–H groups in total. The largest absolute Gasteiger partial charge is 0.468 e. The van der Waals surface area contributed by atoms with Gasteiger partial charge in [-0.3, -0.25) is 9.89 Å². The van der Waals surface area contributed by atoms with Crippen LogP contribution >= 0.6 is 11.8 Å². The number of nitrogens with zero attached hydrogens (tertiary/aromatic N) is 2. The Morgan fingerprint density at radius 1 is 1.42 bits per heavy atom. The van der Waals surface area contributed by atoms with Gasteiger partial charge in [0, 0.05) is 24.9 Å². The van der Waals surface area contributed by atoms with Crippen LogP contribution in [0.25, 0.3) is 0 Å². The van der Waals surface area contributed by atoms with Crippen LogP contribution in [-0.4, -0.2) is 55.1 Å². The lowest BCUT2D eigenvalue weighted by Crippen LogP contribution is -2.46. The molecule has 136 valence electrons. The summed E-state index contributed by atoms with van der Waals surface area (Å²) in [5.74, 6) is 1.90. The Morgan fingerprint density at radius 2 is 2.21 bits per heavy atom. The molecule has 0 bridgehead atoms. The lowest BCUT2D eigenvalue weighted by molar-refractivity contribution is 0.193. The van der Waals surface area contributed by atoms with Crippen molar-refractivity contribution in [3.63, 3.8) is 0 Å². The van der Waals surface area contributed by atoms with Gasteiger partial charge < -0.3 is 15.1 Å². The minimum atomic E-state index is 0.219. The molecule has 0 amide bonds. The highest BCUT2D eigenvalue weighted by atomic mass is 32.2. The van der Waals surface area contributed by atoms with E-state index >= 15 is 0 Å². The van der Waals surface area contributed by atoms with Crippen molar-refractivity contribution < 1.29 is 4.42 Å². The summed E-state index contributed by atoms with van der Waals surface area (Å²) in [6, 6.07) is 4.76. The number of thioether (sulfide) groups is 1. The first kappa shape index (κ1) is 19.2. The molecule has 3 unspecified atom stereocenters. The van der Waals surface area contributed by atoms with Gasteiger partial charge in [0.1, 0.15) is 5.76 Å². The molecule has 1 aliphatic carbocycles. The third-order valence-corrected chi connectivity index (χ3v) is 5.96. The molecule has 0 spiro atoms. The Labute approximate surface area is 150 Å². The Kier molecular flexibility index (Phi) is 7.99. The first-order valence-corrected chi connectivity index (χ1v) is 10.3. The Bertz CT molecular complexity index is 487. The molecule has 0 aromatic carbocycles. The van der Waals surface area contributed by atoms with Gasteiger partial charge in [0.05, 0.1) is 12.3 Å². The summed E-state index contributed by atoms with van der Waals surface area (Å²) < 4.78 is 5.66. The molecule has 1 heterocycles. The second-order valence-corrected chi connectivity index (χ2v) is 7.36. The Hall–Kier alpha value is -1.14. The molecule has 1 aromatic rings. The Balaban J connectivity index is 1.92. The fourth-order valence-corrected chi connectivity index (χ4v) is 4.22. The fraction of sp³-hybridized carbons (Fsp3) is 0.722. The van der Waals surface area contributed by atoms with Gasteiger partial charge in [-0.15, -0.1) is 0 Å². The molecule has 1 fully saturated rings. The number of hydrogen-bond acceptors (Lipinski definition) is 4. The molecule has 5 nitrogen and oxygen atoms in total. The van der Waals surface area contributed by atoms with Gasteiger partial charge >= 0.3 is 0 Å². The van der Waals surface area contributed by atoms with E-state index in [1.54, 1.807) is 6.26 Å². The fourth-order valence-electron chi connectivity index (χ4n) is 3.42. The highest BCUT2D eigenvalue weighted by Crippen LogP contribution is 2.28. The van der Waals surface area contributed by atoms with Gasteiger partial charge in [0.15, 0.2) is 5.96 Å². The molecule has 0 saturated heterocycles. The van der Waals surface area contributed by atoms with E-state index in [2.05, 4.69) is 46.7 Å². The Morgan fingerprint density at radius 3 is 2.75 bits per heavy atom. The lowest BCUT2D eigenvalue weighted by Gasteiger charge is -2.29. The summed E-state index contributed by atoms with van der Waals surface area (Å²) in [6.45, 7) is 7.15. The third kappa shape index (κ3) is 5.18. The summed E-state index contributed by atoms with van der Waals surface area (Å²) >= 11 is 1.98. The van der Waals surface area contributed by atoms with E-state index in [0.29, 0.717) is 6.04 Å². The molecule has 1 saturated carbocycles. The summed E-state index contributed by atoms with van der Waals surface area (Å²) in [6.07, 6.45) is 7.70.